The topological polar surface area (TPSA) is 0 Å². The van der Waals surface area contributed by atoms with Crippen LogP contribution in [0.4, 0.5) is 0 Å². The highest BCUT2D eigenvalue weighted by molar-refractivity contribution is 5.44. The lowest BCUT2D eigenvalue weighted by molar-refractivity contribution is 0.686. The van der Waals surface area contributed by atoms with E-state index in [0.29, 0.717) is 0 Å². The van der Waals surface area contributed by atoms with Gasteiger partial charge in [0.15, 0.2) is 0 Å². The van der Waals surface area contributed by atoms with Crippen LogP contribution in [0.1, 0.15) is 36.3 Å². The van der Waals surface area contributed by atoms with Crippen molar-refractivity contribution < 1.29 is 0 Å². The lowest BCUT2D eigenvalue weighted by Gasteiger charge is -2.07. The van der Waals surface area contributed by atoms with Crippen molar-refractivity contribution in [3.63, 3.8) is 0 Å². The first kappa shape index (κ1) is 5.82. The van der Waals surface area contributed by atoms with Gasteiger partial charge in [0.25, 0.3) is 0 Å². The molecule has 0 saturated heterocycles. The summed E-state index contributed by atoms with van der Waals surface area (Å²) in [5, 5.41) is 0. The minimum absolute atomic E-state index is 0.844. The van der Waals surface area contributed by atoms with Crippen molar-refractivity contribution in [1.29, 1.82) is 0 Å². The Morgan fingerprint density at radius 1 is 1.18 bits per heavy atom. The van der Waals surface area contributed by atoms with Gasteiger partial charge in [-0.2, -0.15) is 0 Å². The first-order valence-corrected chi connectivity index (χ1v) is 4.47. The van der Waals surface area contributed by atoms with E-state index in [2.05, 4.69) is 31.2 Å². The standard InChI is InChI=1S/C11H12/c1-7-8-4-2-3-5-9(8)11-6-10(7)11/h2-5,7,10-11H,6H2,1H3. The van der Waals surface area contributed by atoms with Crippen LogP contribution in [0.5, 0.6) is 0 Å². The van der Waals surface area contributed by atoms with E-state index in [4.69, 9.17) is 0 Å². The maximum absolute atomic E-state index is 2.37. The van der Waals surface area contributed by atoms with E-state index < -0.39 is 0 Å². The van der Waals surface area contributed by atoms with E-state index >= 15 is 0 Å². The molecule has 3 atom stereocenters. The summed E-state index contributed by atoms with van der Waals surface area (Å²) in [6.45, 7) is 2.37. The molecule has 2 aliphatic carbocycles. The van der Waals surface area contributed by atoms with Gasteiger partial charge in [0.2, 0.25) is 0 Å². The summed E-state index contributed by atoms with van der Waals surface area (Å²) in [5.41, 5.74) is 3.26. The van der Waals surface area contributed by atoms with Crippen molar-refractivity contribution in [2.24, 2.45) is 5.92 Å². The van der Waals surface area contributed by atoms with Gasteiger partial charge in [0.05, 0.1) is 0 Å². The predicted molar refractivity (Wildman–Crippen MR) is 45.7 cm³/mol. The van der Waals surface area contributed by atoms with E-state index in [1.165, 1.54) is 6.42 Å². The van der Waals surface area contributed by atoms with Crippen LogP contribution in [0.25, 0.3) is 0 Å². The summed E-state index contributed by atoms with van der Waals surface area (Å²) in [7, 11) is 0. The zero-order chi connectivity index (χ0) is 7.42. The van der Waals surface area contributed by atoms with Crippen molar-refractivity contribution in [1.82, 2.24) is 0 Å². The molecule has 0 heteroatoms. The van der Waals surface area contributed by atoms with Gasteiger partial charge in [-0.05, 0) is 35.3 Å². The van der Waals surface area contributed by atoms with Gasteiger partial charge in [0, 0.05) is 0 Å². The third-order valence-corrected chi connectivity index (χ3v) is 3.37. The maximum Gasteiger partial charge on any atom is -0.0122 e. The molecule has 11 heavy (non-hydrogen) atoms. The highest BCUT2D eigenvalue weighted by Crippen LogP contribution is 2.62. The van der Waals surface area contributed by atoms with Crippen LogP contribution in [0, 0.1) is 5.92 Å². The average Bonchev–Trinajstić information content (AvgIpc) is 2.78. The number of hydrogen-bond acceptors (Lipinski definition) is 0. The molecule has 3 rings (SSSR count). The maximum atomic E-state index is 2.37. The van der Waals surface area contributed by atoms with Gasteiger partial charge >= 0.3 is 0 Å². The molecule has 0 N–H and O–H groups in total. The van der Waals surface area contributed by atoms with Gasteiger partial charge in [-0.1, -0.05) is 31.2 Å². The van der Waals surface area contributed by atoms with Crippen LogP contribution in [-0.4, -0.2) is 0 Å². The van der Waals surface area contributed by atoms with Gasteiger partial charge in [-0.15, -0.1) is 0 Å². The molecule has 0 aliphatic heterocycles. The fourth-order valence-electron chi connectivity index (χ4n) is 2.62. The molecule has 0 radical (unpaired) electrons. The average molecular weight is 144 g/mol. The summed E-state index contributed by atoms with van der Waals surface area (Å²) in [4.78, 5) is 0. The summed E-state index contributed by atoms with van der Waals surface area (Å²) >= 11 is 0. The van der Waals surface area contributed by atoms with E-state index in [1.807, 2.05) is 0 Å². The number of rotatable bonds is 0. The largest absolute Gasteiger partial charge is 0.0620 e. The van der Waals surface area contributed by atoms with Crippen molar-refractivity contribution in [3.05, 3.63) is 35.4 Å². The Bertz CT molecular complexity index is 286. The monoisotopic (exact) mass is 144 g/mol. The van der Waals surface area contributed by atoms with Crippen LogP contribution < -0.4 is 0 Å². The van der Waals surface area contributed by atoms with Gasteiger partial charge < -0.3 is 0 Å². The molecular weight excluding hydrogens is 132 g/mol. The highest BCUT2D eigenvalue weighted by atomic mass is 14.5. The summed E-state index contributed by atoms with van der Waals surface area (Å²) in [5.74, 6) is 2.80. The van der Waals surface area contributed by atoms with Crippen molar-refractivity contribution >= 4 is 0 Å². The molecular formula is C11H12. The summed E-state index contributed by atoms with van der Waals surface area (Å²) in [6.07, 6.45) is 1.46. The highest BCUT2D eigenvalue weighted by Gasteiger charge is 2.49. The minimum Gasteiger partial charge on any atom is -0.0620 e. The normalized spacial score (nSPS) is 38.1. The molecule has 2 aliphatic rings. The smallest absolute Gasteiger partial charge is 0.0122 e. The molecule has 1 fully saturated rings. The van der Waals surface area contributed by atoms with Gasteiger partial charge in [-0.3, -0.25) is 0 Å². The van der Waals surface area contributed by atoms with E-state index in [0.717, 1.165) is 17.8 Å². The molecule has 1 saturated carbocycles. The Morgan fingerprint density at radius 2 is 1.91 bits per heavy atom. The number of benzene rings is 1. The molecule has 0 amide bonds. The van der Waals surface area contributed by atoms with Crippen molar-refractivity contribution in [2.75, 3.05) is 0 Å². The van der Waals surface area contributed by atoms with E-state index in [9.17, 15) is 0 Å². The quantitative estimate of drug-likeness (QED) is 0.525. The Hall–Kier alpha value is -0.780. The molecule has 0 bridgehead atoms. The SMILES string of the molecule is CC1c2ccccc2C2CC12. The first-order valence-electron chi connectivity index (χ1n) is 4.47. The van der Waals surface area contributed by atoms with Crippen LogP contribution in [0.2, 0.25) is 0 Å². The molecule has 3 unspecified atom stereocenters. The van der Waals surface area contributed by atoms with Crippen LogP contribution in [0.15, 0.2) is 24.3 Å². The summed E-state index contributed by atoms with van der Waals surface area (Å²) in [6, 6.07) is 8.95. The molecule has 1 aromatic carbocycles. The number of hydrogen-bond donors (Lipinski definition) is 0. The van der Waals surface area contributed by atoms with E-state index in [1.54, 1.807) is 11.1 Å². The van der Waals surface area contributed by atoms with Gasteiger partial charge in [0.1, 0.15) is 0 Å². The van der Waals surface area contributed by atoms with Crippen molar-refractivity contribution in [2.45, 2.75) is 25.2 Å². The lowest BCUT2D eigenvalue weighted by atomic mass is 9.98. The molecule has 0 aromatic heterocycles. The Balaban J connectivity index is 2.22. The molecule has 0 nitrogen and oxygen atoms in total. The third-order valence-electron chi connectivity index (χ3n) is 3.37. The minimum atomic E-state index is 0.844. The van der Waals surface area contributed by atoms with E-state index in [-0.39, 0.29) is 0 Å². The number of fused-ring (bicyclic) bond motifs is 3. The molecule has 56 valence electrons. The first-order chi connectivity index (χ1) is 5.38. The second-order valence-electron chi connectivity index (χ2n) is 3.92. The van der Waals surface area contributed by atoms with Crippen LogP contribution in [0.3, 0.4) is 0 Å². The molecule has 0 heterocycles. The van der Waals surface area contributed by atoms with Crippen LogP contribution in [-0.2, 0) is 0 Å². The summed E-state index contributed by atoms with van der Waals surface area (Å²) < 4.78 is 0. The zero-order valence-corrected chi connectivity index (χ0v) is 6.75. The Labute approximate surface area is 67.2 Å². The zero-order valence-electron chi connectivity index (χ0n) is 6.75. The third kappa shape index (κ3) is 0.604. The predicted octanol–water partition coefficient (Wildman–Crippen LogP) is 2.91. The second-order valence-corrected chi connectivity index (χ2v) is 3.92. The fourth-order valence-corrected chi connectivity index (χ4v) is 2.62. The van der Waals surface area contributed by atoms with Crippen molar-refractivity contribution in [3.8, 4) is 0 Å². The lowest BCUT2D eigenvalue weighted by Crippen LogP contribution is -1.91. The molecule has 0 spiro atoms. The van der Waals surface area contributed by atoms with Crippen LogP contribution >= 0.6 is 0 Å². The Kier molecular flexibility index (Phi) is 0.892. The second kappa shape index (κ2) is 1.69. The Morgan fingerprint density at radius 3 is 2.64 bits per heavy atom. The van der Waals surface area contributed by atoms with Gasteiger partial charge in [-0.25, -0.2) is 0 Å². The molecule has 1 aromatic rings. The fraction of sp³-hybridized carbons (Fsp3) is 0.455.